The largest absolute Gasteiger partial charge is 0.493 e. The maximum atomic E-state index is 12.0. The number of amides is 1. The summed E-state index contributed by atoms with van der Waals surface area (Å²) in [5, 5.41) is 0. The van der Waals surface area contributed by atoms with Gasteiger partial charge in [-0.1, -0.05) is 0 Å². The number of halogens is 1. The lowest BCUT2D eigenvalue weighted by Crippen LogP contribution is -2.25. The Kier molecular flexibility index (Phi) is 4.20. The zero-order valence-corrected chi connectivity index (χ0v) is 12.2. The molecule has 0 bridgehead atoms. The fourth-order valence-corrected chi connectivity index (χ4v) is 2.59. The molecule has 0 spiro atoms. The number of ether oxygens (including phenoxy) is 2. The Balaban J connectivity index is 2.37. The molecule has 1 heterocycles. The molecule has 0 aromatic heterocycles. The third kappa shape index (κ3) is 2.63. The van der Waals surface area contributed by atoms with E-state index in [0.717, 1.165) is 11.3 Å². The van der Waals surface area contributed by atoms with E-state index in [2.05, 4.69) is 0 Å². The van der Waals surface area contributed by atoms with Crippen LogP contribution in [0.25, 0.3) is 0 Å². The monoisotopic (exact) mass is 283 g/mol. The zero-order valence-electron chi connectivity index (χ0n) is 11.4. The van der Waals surface area contributed by atoms with Crippen molar-refractivity contribution in [3.05, 3.63) is 17.7 Å². The highest BCUT2D eigenvalue weighted by molar-refractivity contribution is 6.18. The van der Waals surface area contributed by atoms with Gasteiger partial charge in [-0.3, -0.25) is 4.79 Å². The lowest BCUT2D eigenvalue weighted by molar-refractivity contribution is -0.117. The molecule has 1 fully saturated rings. The summed E-state index contributed by atoms with van der Waals surface area (Å²) in [6.07, 6.45) is 0.511. The van der Waals surface area contributed by atoms with Crippen LogP contribution in [0.4, 0.5) is 5.69 Å². The topological polar surface area (TPSA) is 38.8 Å². The van der Waals surface area contributed by atoms with Gasteiger partial charge in [0.2, 0.25) is 5.91 Å². The van der Waals surface area contributed by atoms with Gasteiger partial charge in [0.15, 0.2) is 11.5 Å². The Bertz CT molecular complexity index is 490. The molecule has 0 N–H and O–H groups in total. The van der Waals surface area contributed by atoms with E-state index in [4.69, 9.17) is 21.1 Å². The van der Waals surface area contributed by atoms with Gasteiger partial charge in [-0.25, -0.2) is 0 Å². The van der Waals surface area contributed by atoms with Gasteiger partial charge in [0.05, 0.1) is 19.9 Å². The third-order valence-electron chi connectivity index (χ3n) is 3.42. The molecule has 1 aliphatic heterocycles. The molecule has 1 amide bonds. The maximum absolute atomic E-state index is 12.0. The van der Waals surface area contributed by atoms with Crippen molar-refractivity contribution in [2.45, 2.75) is 13.3 Å². The van der Waals surface area contributed by atoms with Gasteiger partial charge >= 0.3 is 0 Å². The quantitative estimate of drug-likeness (QED) is 0.798. The van der Waals surface area contributed by atoms with Crippen LogP contribution in [-0.4, -0.2) is 32.6 Å². The molecule has 104 valence electrons. The number of benzene rings is 1. The van der Waals surface area contributed by atoms with Gasteiger partial charge in [0.1, 0.15) is 0 Å². The summed E-state index contributed by atoms with van der Waals surface area (Å²) in [7, 11) is 3.19. The lowest BCUT2D eigenvalue weighted by Gasteiger charge is -2.21. The molecule has 2 rings (SSSR count). The SMILES string of the molecule is COc1cc(C)c(N2CC(CCl)CC2=O)cc1OC. The normalized spacial score (nSPS) is 18.8. The van der Waals surface area contributed by atoms with E-state index in [0.29, 0.717) is 30.3 Å². The van der Waals surface area contributed by atoms with Gasteiger partial charge in [-0.15, -0.1) is 11.6 Å². The summed E-state index contributed by atoms with van der Waals surface area (Å²) in [6, 6.07) is 3.73. The number of aryl methyl sites for hydroxylation is 1. The second-order valence-corrected chi connectivity index (χ2v) is 5.03. The minimum atomic E-state index is 0.112. The first kappa shape index (κ1) is 14.0. The van der Waals surface area contributed by atoms with E-state index < -0.39 is 0 Å². The molecule has 4 nitrogen and oxygen atoms in total. The first-order valence-corrected chi connectivity index (χ1v) is 6.73. The summed E-state index contributed by atoms with van der Waals surface area (Å²) in [4.78, 5) is 13.8. The van der Waals surface area contributed by atoms with Crippen molar-refractivity contribution in [3.63, 3.8) is 0 Å². The van der Waals surface area contributed by atoms with E-state index >= 15 is 0 Å². The van der Waals surface area contributed by atoms with Crippen molar-refractivity contribution in [1.29, 1.82) is 0 Å². The molecule has 0 aliphatic carbocycles. The molecule has 0 radical (unpaired) electrons. The standard InChI is InChI=1S/C14H18ClNO3/c1-9-4-12(18-2)13(19-3)6-11(9)16-8-10(7-15)5-14(16)17/h4,6,10H,5,7-8H2,1-3H3. The predicted octanol–water partition coefficient (Wildman–Crippen LogP) is 2.60. The average Bonchev–Trinajstić information content (AvgIpc) is 2.79. The van der Waals surface area contributed by atoms with E-state index in [1.54, 1.807) is 19.1 Å². The number of anilines is 1. The number of rotatable bonds is 4. The molecular formula is C14H18ClNO3. The van der Waals surface area contributed by atoms with Gasteiger partial charge in [-0.05, 0) is 24.5 Å². The van der Waals surface area contributed by atoms with Crippen LogP contribution in [-0.2, 0) is 4.79 Å². The minimum absolute atomic E-state index is 0.112. The first-order valence-electron chi connectivity index (χ1n) is 6.19. The van der Waals surface area contributed by atoms with Gasteiger partial charge < -0.3 is 14.4 Å². The number of carbonyl (C=O) groups excluding carboxylic acids is 1. The zero-order chi connectivity index (χ0) is 14.0. The first-order chi connectivity index (χ1) is 9.10. The fraction of sp³-hybridized carbons (Fsp3) is 0.500. The number of alkyl halides is 1. The Morgan fingerprint density at radius 2 is 1.95 bits per heavy atom. The number of carbonyl (C=O) groups is 1. The van der Waals surface area contributed by atoms with Crippen molar-refractivity contribution in [2.24, 2.45) is 5.92 Å². The molecule has 1 atom stereocenters. The molecule has 19 heavy (non-hydrogen) atoms. The highest BCUT2D eigenvalue weighted by Gasteiger charge is 2.31. The summed E-state index contributed by atoms with van der Waals surface area (Å²) < 4.78 is 10.5. The molecule has 1 aromatic carbocycles. The molecule has 1 unspecified atom stereocenters. The molecule has 1 aromatic rings. The summed E-state index contributed by atoms with van der Waals surface area (Å²) in [6.45, 7) is 2.62. The summed E-state index contributed by atoms with van der Waals surface area (Å²) in [5.74, 6) is 2.14. The lowest BCUT2D eigenvalue weighted by atomic mass is 10.1. The summed E-state index contributed by atoms with van der Waals surface area (Å²) in [5.41, 5.74) is 1.86. The molecule has 1 saturated heterocycles. The molecule has 0 saturated carbocycles. The maximum Gasteiger partial charge on any atom is 0.227 e. The van der Waals surface area contributed by atoms with Gasteiger partial charge in [0, 0.05) is 24.9 Å². The second kappa shape index (κ2) is 5.70. The third-order valence-corrected chi connectivity index (χ3v) is 3.85. The Morgan fingerprint density at radius 3 is 2.47 bits per heavy atom. The van der Waals surface area contributed by atoms with Crippen LogP contribution in [0.15, 0.2) is 12.1 Å². The van der Waals surface area contributed by atoms with Crippen molar-refractivity contribution in [2.75, 3.05) is 31.5 Å². The van der Waals surface area contributed by atoms with E-state index in [1.165, 1.54) is 0 Å². The number of hydrogen-bond donors (Lipinski definition) is 0. The van der Waals surface area contributed by atoms with Crippen LogP contribution in [0.5, 0.6) is 11.5 Å². The second-order valence-electron chi connectivity index (χ2n) is 4.72. The molecule has 5 heteroatoms. The predicted molar refractivity (Wildman–Crippen MR) is 75.5 cm³/mol. The van der Waals surface area contributed by atoms with Gasteiger partial charge in [-0.2, -0.15) is 0 Å². The van der Waals surface area contributed by atoms with Crippen molar-refractivity contribution >= 4 is 23.2 Å². The van der Waals surface area contributed by atoms with Crippen LogP contribution in [0.3, 0.4) is 0 Å². The van der Waals surface area contributed by atoms with Crippen molar-refractivity contribution in [1.82, 2.24) is 0 Å². The van der Waals surface area contributed by atoms with Crippen LogP contribution in [0, 0.1) is 12.8 Å². The van der Waals surface area contributed by atoms with Crippen LogP contribution in [0.1, 0.15) is 12.0 Å². The van der Waals surface area contributed by atoms with E-state index in [-0.39, 0.29) is 11.8 Å². The summed E-state index contributed by atoms with van der Waals surface area (Å²) >= 11 is 5.85. The highest BCUT2D eigenvalue weighted by Crippen LogP contribution is 2.37. The highest BCUT2D eigenvalue weighted by atomic mass is 35.5. The smallest absolute Gasteiger partial charge is 0.227 e. The number of nitrogens with zero attached hydrogens (tertiary/aromatic N) is 1. The van der Waals surface area contributed by atoms with Crippen LogP contribution < -0.4 is 14.4 Å². The van der Waals surface area contributed by atoms with Crippen molar-refractivity contribution < 1.29 is 14.3 Å². The average molecular weight is 284 g/mol. The Labute approximate surface area is 118 Å². The van der Waals surface area contributed by atoms with Crippen LogP contribution in [0.2, 0.25) is 0 Å². The fourth-order valence-electron chi connectivity index (χ4n) is 2.38. The van der Waals surface area contributed by atoms with E-state index in [9.17, 15) is 4.79 Å². The Morgan fingerprint density at radius 1 is 1.32 bits per heavy atom. The van der Waals surface area contributed by atoms with E-state index in [1.807, 2.05) is 19.1 Å². The number of hydrogen-bond acceptors (Lipinski definition) is 3. The molecule has 1 aliphatic rings. The minimum Gasteiger partial charge on any atom is -0.493 e. The van der Waals surface area contributed by atoms with Crippen LogP contribution >= 0.6 is 11.6 Å². The molecular weight excluding hydrogens is 266 g/mol. The van der Waals surface area contributed by atoms with Crippen molar-refractivity contribution in [3.8, 4) is 11.5 Å². The Hall–Kier alpha value is -1.42. The number of methoxy groups -OCH3 is 2. The van der Waals surface area contributed by atoms with Gasteiger partial charge in [0.25, 0.3) is 0 Å².